The van der Waals surface area contributed by atoms with Crippen molar-refractivity contribution in [3.63, 3.8) is 0 Å². The highest BCUT2D eigenvalue weighted by atomic mass is 79.9. The summed E-state index contributed by atoms with van der Waals surface area (Å²) in [6.07, 6.45) is -1.29. The highest BCUT2D eigenvalue weighted by molar-refractivity contribution is 9.11. The Morgan fingerprint density at radius 3 is 2.76 bits per heavy atom. The summed E-state index contributed by atoms with van der Waals surface area (Å²) in [6, 6.07) is 0. The van der Waals surface area contributed by atoms with Gasteiger partial charge < -0.3 is 10.5 Å². The summed E-state index contributed by atoms with van der Waals surface area (Å²) < 4.78 is 42.9. The summed E-state index contributed by atoms with van der Waals surface area (Å²) in [5.41, 5.74) is 5.26. The Morgan fingerprint density at radius 1 is 1.71 bits per heavy atom. The molecule has 96 valence electrons. The molecule has 1 aliphatic rings. The van der Waals surface area contributed by atoms with Crippen molar-refractivity contribution in [1.82, 2.24) is 0 Å². The van der Waals surface area contributed by atoms with Gasteiger partial charge in [0.05, 0.1) is 10.4 Å². The molecule has 0 fully saturated rings. The predicted octanol–water partition coefficient (Wildman–Crippen LogP) is 3.08. The van der Waals surface area contributed by atoms with Crippen molar-refractivity contribution in [2.45, 2.75) is 25.6 Å². The molecular formula is C10H12BrF3N2O. The van der Waals surface area contributed by atoms with Crippen molar-refractivity contribution in [3.05, 3.63) is 22.6 Å². The van der Waals surface area contributed by atoms with E-state index in [1.165, 1.54) is 12.3 Å². The third-order valence-electron chi connectivity index (χ3n) is 2.19. The average molecular weight is 313 g/mol. The van der Waals surface area contributed by atoms with Crippen LogP contribution in [0.3, 0.4) is 0 Å². The minimum Gasteiger partial charge on any atom is -0.469 e. The lowest BCUT2D eigenvalue weighted by molar-refractivity contribution is -0.153. The minimum atomic E-state index is -4.26. The van der Waals surface area contributed by atoms with Gasteiger partial charge in [-0.05, 0) is 19.4 Å². The summed E-state index contributed by atoms with van der Waals surface area (Å²) in [5, 5.41) is 0. The van der Waals surface area contributed by atoms with Crippen LogP contribution in [0.2, 0.25) is 0 Å². The Labute approximate surface area is 105 Å². The van der Waals surface area contributed by atoms with E-state index in [1.807, 2.05) is 0 Å². The lowest BCUT2D eigenvalue weighted by Crippen LogP contribution is -2.25. The third kappa shape index (κ3) is 4.07. The fourth-order valence-corrected chi connectivity index (χ4v) is 1.27. The van der Waals surface area contributed by atoms with Gasteiger partial charge in [0, 0.05) is 12.4 Å². The molecule has 7 heteroatoms. The van der Waals surface area contributed by atoms with E-state index in [-0.39, 0.29) is 18.4 Å². The monoisotopic (exact) mass is 312 g/mol. The van der Waals surface area contributed by atoms with Crippen LogP contribution < -0.4 is 5.73 Å². The van der Waals surface area contributed by atoms with E-state index in [9.17, 15) is 13.2 Å². The molecule has 2 N–H and O–H groups in total. The van der Waals surface area contributed by atoms with Gasteiger partial charge in [0.25, 0.3) is 0 Å². The molecular weight excluding hydrogens is 301 g/mol. The first-order valence-electron chi connectivity index (χ1n) is 4.89. The van der Waals surface area contributed by atoms with Gasteiger partial charge in [0.15, 0.2) is 0 Å². The molecule has 0 saturated carbocycles. The molecule has 0 radical (unpaired) electrons. The fraction of sp³-hybridized carbons (Fsp3) is 0.500. The van der Waals surface area contributed by atoms with Gasteiger partial charge in [-0.3, -0.25) is 0 Å². The van der Waals surface area contributed by atoms with Gasteiger partial charge in [-0.25, -0.2) is 4.99 Å². The van der Waals surface area contributed by atoms with E-state index in [0.29, 0.717) is 4.48 Å². The smallest absolute Gasteiger partial charge is 0.396 e. The number of hydrogen-bond donors (Lipinski definition) is 1. The number of allylic oxidation sites excluding steroid dienone is 1. The maximum Gasteiger partial charge on any atom is 0.396 e. The third-order valence-corrected chi connectivity index (χ3v) is 3.10. The van der Waals surface area contributed by atoms with Gasteiger partial charge in [-0.15, -0.1) is 0 Å². The van der Waals surface area contributed by atoms with Crippen molar-refractivity contribution in [3.8, 4) is 0 Å². The molecule has 0 aromatic carbocycles. The number of ether oxygens (including phenoxy) is 1. The van der Waals surface area contributed by atoms with Crippen LogP contribution in [0.1, 0.15) is 13.3 Å². The highest BCUT2D eigenvalue weighted by Crippen LogP contribution is 2.31. The number of alkyl halides is 3. The van der Waals surface area contributed by atoms with Gasteiger partial charge >= 0.3 is 6.18 Å². The standard InChI is InChI=1S/C10H12BrF3N2O/c1-6(8(11)4-15)17-9-3-2-7(5-16-9)10(12,13)14/h3-7H,2,15H2,1H3/b8-4-. The number of nitrogens with zero attached hydrogens (tertiary/aromatic N) is 1. The van der Waals surface area contributed by atoms with E-state index in [4.69, 9.17) is 10.5 Å². The van der Waals surface area contributed by atoms with Crippen LogP contribution >= 0.6 is 15.9 Å². The van der Waals surface area contributed by atoms with E-state index in [2.05, 4.69) is 20.9 Å². The molecule has 0 aromatic heterocycles. The second kappa shape index (κ2) is 5.57. The Kier molecular flexibility index (Phi) is 4.62. The van der Waals surface area contributed by atoms with Gasteiger partial charge in [0.1, 0.15) is 6.10 Å². The number of nitrogens with two attached hydrogens (primary N) is 1. The van der Waals surface area contributed by atoms with Crippen LogP contribution in [0.25, 0.3) is 0 Å². The lowest BCUT2D eigenvalue weighted by Gasteiger charge is -2.20. The normalized spacial score (nSPS) is 23.2. The van der Waals surface area contributed by atoms with E-state index < -0.39 is 12.1 Å². The summed E-state index contributed by atoms with van der Waals surface area (Å²) in [7, 11) is 0. The number of aliphatic imine (C=N–C) groups is 1. The first-order chi connectivity index (χ1) is 7.84. The zero-order valence-corrected chi connectivity index (χ0v) is 10.6. The maximum atomic E-state index is 12.3. The minimum absolute atomic E-state index is 0.154. The Bertz CT molecular complexity index is 363. The molecule has 0 aromatic rings. The molecule has 0 amide bonds. The zero-order chi connectivity index (χ0) is 13.1. The van der Waals surface area contributed by atoms with Crippen LogP contribution in [0.4, 0.5) is 13.2 Å². The number of hydrogen-bond acceptors (Lipinski definition) is 3. The average Bonchev–Trinajstić information content (AvgIpc) is 2.27. The molecule has 1 heterocycles. The van der Waals surface area contributed by atoms with Crippen LogP contribution in [0.15, 0.2) is 27.6 Å². The molecule has 0 spiro atoms. The summed E-state index contributed by atoms with van der Waals surface area (Å²) in [4.78, 5) is 3.64. The van der Waals surface area contributed by atoms with E-state index in [1.54, 1.807) is 6.92 Å². The summed E-state index contributed by atoms with van der Waals surface area (Å²) in [6.45, 7) is 1.71. The quantitative estimate of drug-likeness (QED) is 0.870. The summed E-state index contributed by atoms with van der Waals surface area (Å²) in [5.74, 6) is -1.35. The Morgan fingerprint density at radius 2 is 2.35 bits per heavy atom. The largest absolute Gasteiger partial charge is 0.469 e. The Hall–Kier alpha value is -0.980. The molecule has 1 aliphatic heterocycles. The second-order valence-electron chi connectivity index (χ2n) is 3.52. The van der Waals surface area contributed by atoms with Crippen LogP contribution in [-0.4, -0.2) is 18.5 Å². The molecule has 0 bridgehead atoms. The van der Waals surface area contributed by atoms with E-state index >= 15 is 0 Å². The number of rotatable bonds is 3. The van der Waals surface area contributed by atoms with Gasteiger partial charge in [-0.2, -0.15) is 13.2 Å². The highest BCUT2D eigenvalue weighted by Gasteiger charge is 2.38. The molecule has 2 atom stereocenters. The number of halogens is 4. The molecule has 3 nitrogen and oxygen atoms in total. The zero-order valence-electron chi connectivity index (χ0n) is 9.04. The maximum absolute atomic E-state index is 12.3. The first kappa shape index (κ1) is 14.1. The van der Waals surface area contributed by atoms with Crippen molar-refractivity contribution in [2.24, 2.45) is 16.6 Å². The predicted molar refractivity (Wildman–Crippen MR) is 62.5 cm³/mol. The fourth-order valence-electron chi connectivity index (χ4n) is 1.17. The van der Waals surface area contributed by atoms with Crippen LogP contribution in [-0.2, 0) is 4.74 Å². The van der Waals surface area contributed by atoms with Crippen molar-refractivity contribution in [1.29, 1.82) is 0 Å². The van der Waals surface area contributed by atoms with Crippen LogP contribution in [0.5, 0.6) is 0 Å². The molecule has 0 aliphatic carbocycles. The van der Waals surface area contributed by atoms with Gasteiger partial charge in [0.2, 0.25) is 5.88 Å². The first-order valence-corrected chi connectivity index (χ1v) is 5.69. The van der Waals surface area contributed by atoms with Crippen LogP contribution in [0, 0.1) is 5.92 Å². The van der Waals surface area contributed by atoms with E-state index in [0.717, 1.165) is 6.21 Å². The molecule has 17 heavy (non-hydrogen) atoms. The molecule has 2 unspecified atom stereocenters. The van der Waals surface area contributed by atoms with Crippen molar-refractivity contribution >= 4 is 22.1 Å². The van der Waals surface area contributed by atoms with Crippen molar-refractivity contribution in [2.75, 3.05) is 0 Å². The Balaban J connectivity index is 2.57. The van der Waals surface area contributed by atoms with Gasteiger partial charge in [-0.1, -0.05) is 15.9 Å². The summed E-state index contributed by atoms with van der Waals surface area (Å²) >= 11 is 3.16. The SMILES string of the molecule is CC(OC1=CCC(C(F)(F)F)C=N1)/C(Br)=C/N. The molecule has 1 rings (SSSR count). The lowest BCUT2D eigenvalue weighted by atomic mass is 10.1. The molecule has 0 saturated heterocycles. The topological polar surface area (TPSA) is 47.6 Å². The second-order valence-corrected chi connectivity index (χ2v) is 4.43. The van der Waals surface area contributed by atoms with Crippen molar-refractivity contribution < 1.29 is 17.9 Å².